The number of nitrogens with one attached hydrogen (secondary N) is 1. The number of rotatable bonds is 6. The lowest BCUT2D eigenvalue weighted by atomic mass is 10.2. The van der Waals surface area contributed by atoms with Crippen molar-refractivity contribution in [1.29, 1.82) is 5.26 Å². The number of carbonyl (C=O) groups excluding carboxylic acids is 1. The van der Waals surface area contributed by atoms with Gasteiger partial charge in [-0.05, 0) is 60.1 Å². The molecule has 2 rings (SSSR count). The van der Waals surface area contributed by atoms with Gasteiger partial charge in [-0.2, -0.15) is 5.26 Å². The van der Waals surface area contributed by atoms with E-state index in [9.17, 15) is 4.79 Å². The molecule has 2 aromatic rings. The van der Waals surface area contributed by atoms with Crippen LogP contribution in [0.25, 0.3) is 0 Å². The highest BCUT2D eigenvalue weighted by molar-refractivity contribution is 8.03. The van der Waals surface area contributed by atoms with Crippen molar-refractivity contribution in [2.45, 2.75) is 17.6 Å². The highest BCUT2D eigenvalue weighted by Gasteiger charge is 2.06. The Hall–Kier alpha value is -1.61. The van der Waals surface area contributed by atoms with Gasteiger partial charge in [0.25, 0.3) is 0 Å². The van der Waals surface area contributed by atoms with Crippen molar-refractivity contribution < 1.29 is 4.79 Å². The maximum atomic E-state index is 12.0. The van der Waals surface area contributed by atoms with Gasteiger partial charge in [-0.3, -0.25) is 4.79 Å². The van der Waals surface area contributed by atoms with Crippen molar-refractivity contribution in [3.05, 3.63) is 58.6 Å². The second-order valence-corrected chi connectivity index (χ2v) is 7.12. The number of nitrogens with zero attached hydrogens (tertiary/aromatic N) is 1. The van der Waals surface area contributed by atoms with Gasteiger partial charge in [0, 0.05) is 21.4 Å². The number of halogens is 1. The van der Waals surface area contributed by atoms with E-state index in [2.05, 4.69) is 5.32 Å². The maximum Gasteiger partial charge on any atom is 0.234 e. The first-order chi connectivity index (χ1) is 11.1. The molecule has 1 N–H and O–H groups in total. The zero-order chi connectivity index (χ0) is 16.7. The molecule has 118 valence electrons. The molecule has 0 heterocycles. The van der Waals surface area contributed by atoms with Gasteiger partial charge in [0.1, 0.15) is 5.40 Å². The Bertz CT molecular complexity index is 726. The van der Waals surface area contributed by atoms with Crippen LogP contribution in [-0.4, -0.2) is 11.7 Å². The molecule has 0 saturated heterocycles. The zero-order valence-corrected chi connectivity index (χ0v) is 14.9. The third-order valence-corrected chi connectivity index (χ3v) is 4.89. The number of hydrogen-bond acceptors (Lipinski definition) is 4. The largest absolute Gasteiger partial charge is 0.325 e. The summed E-state index contributed by atoms with van der Waals surface area (Å²) in [6.45, 7) is 1.91. The van der Waals surface area contributed by atoms with Crippen molar-refractivity contribution in [3.8, 4) is 5.40 Å². The second-order valence-electron chi connectivity index (χ2n) is 4.84. The number of thiocyanates is 1. The average molecular weight is 363 g/mol. The van der Waals surface area contributed by atoms with Crippen LogP contribution in [0.1, 0.15) is 11.1 Å². The van der Waals surface area contributed by atoms with Gasteiger partial charge in [-0.25, -0.2) is 0 Å². The van der Waals surface area contributed by atoms with Crippen molar-refractivity contribution in [2.24, 2.45) is 0 Å². The second kappa shape index (κ2) is 8.88. The van der Waals surface area contributed by atoms with E-state index < -0.39 is 0 Å². The number of thioether (sulfide) groups is 2. The molecule has 0 aliphatic heterocycles. The van der Waals surface area contributed by atoms with Gasteiger partial charge < -0.3 is 5.32 Å². The molecular formula is C17H15ClN2OS2. The molecule has 0 aromatic heterocycles. The fourth-order valence-corrected chi connectivity index (χ4v) is 3.31. The fraction of sp³-hybridized carbons (Fsp3) is 0.176. The first kappa shape index (κ1) is 17.7. The summed E-state index contributed by atoms with van der Waals surface area (Å²) in [5.41, 5.74) is 2.87. The highest BCUT2D eigenvalue weighted by atomic mass is 35.5. The summed E-state index contributed by atoms with van der Waals surface area (Å²) in [4.78, 5) is 12.9. The molecule has 0 fully saturated rings. The molecule has 0 aliphatic carbocycles. The Morgan fingerprint density at radius 3 is 2.65 bits per heavy atom. The number of hydrogen-bond donors (Lipinski definition) is 1. The summed E-state index contributed by atoms with van der Waals surface area (Å²) >= 11 is 8.51. The number of carbonyl (C=O) groups is 1. The molecule has 23 heavy (non-hydrogen) atoms. The van der Waals surface area contributed by atoms with Crippen LogP contribution in [0.4, 0.5) is 5.69 Å². The monoisotopic (exact) mass is 362 g/mol. The van der Waals surface area contributed by atoms with Gasteiger partial charge in [0.15, 0.2) is 0 Å². The molecule has 1 amide bonds. The minimum Gasteiger partial charge on any atom is -0.325 e. The van der Waals surface area contributed by atoms with Crippen LogP contribution in [0.2, 0.25) is 5.02 Å². The summed E-state index contributed by atoms with van der Waals surface area (Å²) < 4.78 is 0. The smallest absolute Gasteiger partial charge is 0.234 e. The molecule has 0 atom stereocenters. The van der Waals surface area contributed by atoms with Gasteiger partial charge in [-0.15, -0.1) is 11.8 Å². The van der Waals surface area contributed by atoms with Gasteiger partial charge in [0.05, 0.1) is 5.75 Å². The van der Waals surface area contributed by atoms with Gasteiger partial charge in [-0.1, -0.05) is 23.7 Å². The third kappa shape index (κ3) is 5.83. The fourth-order valence-electron chi connectivity index (χ4n) is 1.92. The Balaban J connectivity index is 1.83. The zero-order valence-electron chi connectivity index (χ0n) is 12.5. The quantitative estimate of drug-likeness (QED) is 0.574. The summed E-state index contributed by atoms with van der Waals surface area (Å²) in [6, 6.07) is 13.2. The first-order valence-electron chi connectivity index (χ1n) is 6.87. The molecule has 6 heteroatoms. The molecule has 0 radical (unpaired) electrons. The topological polar surface area (TPSA) is 52.9 Å². The van der Waals surface area contributed by atoms with Gasteiger partial charge >= 0.3 is 0 Å². The van der Waals surface area contributed by atoms with E-state index in [0.29, 0.717) is 10.8 Å². The summed E-state index contributed by atoms with van der Waals surface area (Å²) in [5, 5.41) is 14.3. The van der Waals surface area contributed by atoms with Crippen molar-refractivity contribution in [1.82, 2.24) is 0 Å². The highest BCUT2D eigenvalue weighted by Crippen LogP contribution is 2.23. The molecule has 0 saturated carbocycles. The molecule has 0 unspecified atom stereocenters. The number of benzene rings is 2. The van der Waals surface area contributed by atoms with Crippen molar-refractivity contribution in [3.63, 3.8) is 0 Å². The van der Waals surface area contributed by atoms with Crippen molar-refractivity contribution >= 4 is 46.7 Å². The van der Waals surface area contributed by atoms with Crippen LogP contribution in [-0.2, 0) is 10.5 Å². The van der Waals surface area contributed by atoms with E-state index in [1.807, 2.05) is 54.8 Å². The van der Waals surface area contributed by atoms with Crippen molar-refractivity contribution in [2.75, 3.05) is 11.1 Å². The minimum atomic E-state index is -0.0345. The number of amides is 1. The normalized spacial score (nSPS) is 10.1. The molecule has 3 nitrogen and oxygen atoms in total. The van der Waals surface area contributed by atoms with E-state index in [-0.39, 0.29) is 5.91 Å². The Labute approximate surface area is 149 Å². The third-order valence-electron chi connectivity index (χ3n) is 3.05. The van der Waals surface area contributed by atoms with E-state index in [1.165, 1.54) is 0 Å². The Morgan fingerprint density at radius 1 is 1.26 bits per heavy atom. The maximum absolute atomic E-state index is 12.0. The SMILES string of the molecule is Cc1cc(SC#N)ccc1NC(=O)CSCc1ccc(Cl)cc1. The van der Waals surface area contributed by atoms with E-state index in [4.69, 9.17) is 16.9 Å². The summed E-state index contributed by atoms with van der Waals surface area (Å²) in [6.07, 6.45) is 0. The number of nitriles is 1. The van der Waals surface area contributed by atoms with Crippen LogP contribution in [0.5, 0.6) is 0 Å². The van der Waals surface area contributed by atoms with Crippen LogP contribution in [0.3, 0.4) is 0 Å². The standard InChI is InChI=1S/C17H15ClN2OS2/c1-12-8-15(23-11-19)6-7-16(12)20-17(21)10-22-9-13-2-4-14(18)5-3-13/h2-8H,9-10H2,1H3,(H,20,21). The summed E-state index contributed by atoms with van der Waals surface area (Å²) in [5.74, 6) is 1.12. The lowest BCUT2D eigenvalue weighted by Gasteiger charge is -2.09. The average Bonchev–Trinajstić information content (AvgIpc) is 2.52. The minimum absolute atomic E-state index is 0.0345. The van der Waals surface area contributed by atoms with Crippen LogP contribution < -0.4 is 5.32 Å². The van der Waals surface area contributed by atoms with E-state index >= 15 is 0 Å². The van der Waals surface area contributed by atoms with Crippen LogP contribution >= 0.6 is 35.1 Å². The molecular weight excluding hydrogens is 348 g/mol. The number of aryl methyl sites for hydroxylation is 1. The molecule has 0 bridgehead atoms. The first-order valence-corrected chi connectivity index (χ1v) is 9.22. The van der Waals surface area contributed by atoms with Crippen LogP contribution in [0, 0.1) is 17.6 Å². The lowest BCUT2D eigenvalue weighted by Crippen LogP contribution is -2.15. The van der Waals surface area contributed by atoms with Gasteiger partial charge in [0.2, 0.25) is 5.91 Å². The van der Waals surface area contributed by atoms with E-state index in [1.54, 1.807) is 11.8 Å². The predicted octanol–water partition coefficient (Wildman–Crippen LogP) is 5.09. The van der Waals surface area contributed by atoms with Crippen LogP contribution in [0.15, 0.2) is 47.4 Å². The Kier molecular flexibility index (Phi) is 6.85. The predicted molar refractivity (Wildman–Crippen MR) is 98.9 cm³/mol. The molecule has 2 aromatic carbocycles. The molecule has 0 spiro atoms. The molecule has 0 aliphatic rings. The number of anilines is 1. The lowest BCUT2D eigenvalue weighted by molar-refractivity contribution is -0.113. The Morgan fingerprint density at radius 2 is 2.00 bits per heavy atom. The van der Waals surface area contributed by atoms with E-state index in [0.717, 1.165) is 39.2 Å². The summed E-state index contributed by atoms with van der Waals surface area (Å²) in [7, 11) is 0.